The van der Waals surface area contributed by atoms with E-state index in [4.69, 9.17) is 0 Å². The van der Waals surface area contributed by atoms with Crippen LogP contribution in [0.15, 0.2) is 24.3 Å². The number of nitrogens with one attached hydrogen (secondary N) is 3. The predicted octanol–water partition coefficient (Wildman–Crippen LogP) is 0.747. The van der Waals surface area contributed by atoms with Crippen molar-refractivity contribution in [2.45, 2.75) is 26.8 Å². The van der Waals surface area contributed by atoms with Crippen LogP contribution in [-0.4, -0.2) is 23.8 Å². The van der Waals surface area contributed by atoms with E-state index in [1.165, 1.54) is 25.1 Å². The van der Waals surface area contributed by atoms with Gasteiger partial charge in [0.25, 0.3) is 11.8 Å². The fourth-order valence-corrected chi connectivity index (χ4v) is 1.66. The quantitative estimate of drug-likeness (QED) is 0.716. The molecule has 0 aliphatic carbocycles. The van der Waals surface area contributed by atoms with E-state index in [2.05, 4.69) is 16.2 Å². The Balaban J connectivity index is 2.65. The van der Waals surface area contributed by atoms with Crippen molar-refractivity contribution < 1.29 is 18.8 Å². The van der Waals surface area contributed by atoms with Gasteiger partial charge in [0, 0.05) is 6.92 Å². The summed E-state index contributed by atoms with van der Waals surface area (Å²) in [6.07, 6.45) is 0. The summed E-state index contributed by atoms with van der Waals surface area (Å²) in [6, 6.07) is 4.61. The Bertz CT molecular complexity index is 546. The first-order valence-corrected chi connectivity index (χ1v) is 6.44. The van der Waals surface area contributed by atoms with Crippen LogP contribution in [0.3, 0.4) is 0 Å². The van der Waals surface area contributed by atoms with Crippen molar-refractivity contribution in [1.82, 2.24) is 16.2 Å². The summed E-state index contributed by atoms with van der Waals surface area (Å²) in [6.45, 7) is 4.79. The molecule has 0 aliphatic heterocycles. The summed E-state index contributed by atoms with van der Waals surface area (Å²) in [7, 11) is 0. The van der Waals surface area contributed by atoms with Gasteiger partial charge in [-0.3, -0.25) is 25.2 Å². The first kappa shape index (κ1) is 16.6. The third kappa shape index (κ3) is 4.87. The monoisotopic (exact) mass is 295 g/mol. The van der Waals surface area contributed by atoms with Gasteiger partial charge in [0.1, 0.15) is 11.9 Å². The van der Waals surface area contributed by atoms with Crippen molar-refractivity contribution in [3.63, 3.8) is 0 Å². The number of rotatable bonds is 4. The fraction of sp³-hybridized carbons (Fsp3) is 0.357. The first-order chi connectivity index (χ1) is 9.82. The van der Waals surface area contributed by atoms with Crippen LogP contribution in [0.1, 0.15) is 31.1 Å². The van der Waals surface area contributed by atoms with E-state index in [0.29, 0.717) is 0 Å². The molecular weight excluding hydrogens is 277 g/mol. The number of benzene rings is 1. The number of hydrogen-bond acceptors (Lipinski definition) is 3. The predicted molar refractivity (Wildman–Crippen MR) is 74.5 cm³/mol. The van der Waals surface area contributed by atoms with Gasteiger partial charge >= 0.3 is 0 Å². The van der Waals surface area contributed by atoms with Crippen molar-refractivity contribution in [3.05, 3.63) is 35.6 Å². The highest BCUT2D eigenvalue weighted by molar-refractivity contribution is 5.96. The average molecular weight is 295 g/mol. The lowest BCUT2D eigenvalue weighted by Crippen LogP contribution is -2.54. The van der Waals surface area contributed by atoms with Gasteiger partial charge in [0.05, 0.1) is 5.56 Å². The topological polar surface area (TPSA) is 87.3 Å². The molecule has 3 N–H and O–H groups in total. The van der Waals surface area contributed by atoms with E-state index >= 15 is 0 Å². The number of hydrazine groups is 1. The second kappa shape index (κ2) is 7.37. The van der Waals surface area contributed by atoms with Crippen molar-refractivity contribution in [2.75, 3.05) is 0 Å². The molecular formula is C14H18FN3O3. The van der Waals surface area contributed by atoms with Crippen molar-refractivity contribution >= 4 is 17.7 Å². The molecule has 0 unspecified atom stereocenters. The molecule has 0 fully saturated rings. The SMILES string of the molecule is CC(=O)N[C@@H](C(=O)NNC(=O)c1ccccc1F)C(C)C. The molecule has 0 spiro atoms. The van der Waals surface area contributed by atoms with Gasteiger partial charge in [0.2, 0.25) is 5.91 Å². The minimum absolute atomic E-state index is 0.167. The van der Waals surface area contributed by atoms with Gasteiger partial charge < -0.3 is 5.32 Å². The van der Waals surface area contributed by atoms with E-state index in [0.717, 1.165) is 6.07 Å². The minimum atomic E-state index is -0.788. The van der Waals surface area contributed by atoms with Crippen LogP contribution in [0, 0.1) is 11.7 Å². The highest BCUT2D eigenvalue weighted by atomic mass is 19.1. The second-order valence-electron chi connectivity index (χ2n) is 4.85. The van der Waals surface area contributed by atoms with E-state index < -0.39 is 23.7 Å². The summed E-state index contributed by atoms with van der Waals surface area (Å²) < 4.78 is 13.4. The zero-order chi connectivity index (χ0) is 16.0. The standard InChI is InChI=1S/C14H18FN3O3/c1-8(2)12(16-9(3)19)14(21)18-17-13(20)10-6-4-5-7-11(10)15/h4-8,12H,1-3H3,(H,16,19)(H,17,20)(H,18,21)/t12-/m1/s1. The molecule has 21 heavy (non-hydrogen) atoms. The molecule has 0 radical (unpaired) electrons. The summed E-state index contributed by atoms with van der Waals surface area (Å²) in [5, 5.41) is 2.48. The van der Waals surface area contributed by atoms with Crippen molar-refractivity contribution in [2.24, 2.45) is 5.92 Å². The largest absolute Gasteiger partial charge is 0.344 e. The highest BCUT2D eigenvalue weighted by Crippen LogP contribution is 2.05. The van der Waals surface area contributed by atoms with Gasteiger partial charge in [-0.2, -0.15) is 0 Å². The van der Waals surface area contributed by atoms with Crippen LogP contribution >= 0.6 is 0 Å². The normalized spacial score (nSPS) is 11.7. The van der Waals surface area contributed by atoms with Crippen LogP contribution in [-0.2, 0) is 9.59 Å². The lowest BCUT2D eigenvalue weighted by Gasteiger charge is -2.21. The van der Waals surface area contributed by atoms with Crippen molar-refractivity contribution in [3.8, 4) is 0 Å². The molecule has 1 aromatic carbocycles. The van der Waals surface area contributed by atoms with Crippen LogP contribution in [0.5, 0.6) is 0 Å². The number of carbonyl (C=O) groups excluding carboxylic acids is 3. The molecule has 7 heteroatoms. The van der Waals surface area contributed by atoms with Crippen LogP contribution in [0.4, 0.5) is 4.39 Å². The molecule has 0 aromatic heterocycles. The molecule has 0 saturated carbocycles. The molecule has 114 valence electrons. The van der Waals surface area contributed by atoms with E-state index in [1.54, 1.807) is 13.8 Å². The maximum Gasteiger partial charge on any atom is 0.272 e. The molecule has 0 aliphatic rings. The average Bonchev–Trinajstić information content (AvgIpc) is 2.41. The lowest BCUT2D eigenvalue weighted by molar-refractivity contribution is -0.129. The van der Waals surface area contributed by atoms with Gasteiger partial charge in [0.15, 0.2) is 0 Å². The van der Waals surface area contributed by atoms with Gasteiger partial charge in [-0.25, -0.2) is 4.39 Å². The molecule has 1 aromatic rings. The Hall–Kier alpha value is -2.44. The Kier molecular flexibility index (Phi) is 5.83. The lowest BCUT2D eigenvalue weighted by atomic mass is 10.0. The Labute approximate surface area is 122 Å². The zero-order valence-electron chi connectivity index (χ0n) is 12.1. The van der Waals surface area contributed by atoms with Crippen LogP contribution in [0.2, 0.25) is 0 Å². The third-order valence-electron chi connectivity index (χ3n) is 2.73. The summed E-state index contributed by atoms with van der Waals surface area (Å²) >= 11 is 0. The number of hydrogen-bond donors (Lipinski definition) is 3. The zero-order valence-corrected chi connectivity index (χ0v) is 12.1. The van der Waals surface area contributed by atoms with E-state index in [-0.39, 0.29) is 17.4 Å². The van der Waals surface area contributed by atoms with E-state index in [1.807, 2.05) is 0 Å². The molecule has 6 nitrogen and oxygen atoms in total. The second-order valence-corrected chi connectivity index (χ2v) is 4.85. The number of carbonyl (C=O) groups is 3. The number of amides is 3. The smallest absolute Gasteiger partial charge is 0.272 e. The Morgan fingerprint density at radius 3 is 2.24 bits per heavy atom. The molecule has 0 saturated heterocycles. The molecule has 0 bridgehead atoms. The van der Waals surface area contributed by atoms with Gasteiger partial charge in [-0.15, -0.1) is 0 Å². The van der Waals surface area contributed by atoms with Gasteiger partial charge in [-0.05, 0) is 18.1 Å². The first-order valence-electron chi connectivity index (χ1n) is 6.44. The molecule has 1 atom stereocenters. The summed E-state index contributed by atoms with van der Waals surface area (Å²) in [4.78, 5) is 34.7. The maximum atomic E-state index is 13.4. The van der Waals surface area contributed by atoms with Crippen molar-refractivity contribution in [1.29, 1.82) is 0 Å². The van der Waals surface area contributed by atoms with E-state index in [9.17, 15) is 18.8 Å². The van der Waals surface area contributed by atoms with Gasteiger partial charge in [-0.1, -0.05) is 26.0 Å². The minimum Gasteiger partial charge on any atom is -0.344 e. The summed E-state index contributed by atoms with van der Waals surface area (Å²) in [5.41, 5.74) is 4.11. The molecule has 1 rings (SSSR count). The van der Waals surface area contributed by atoms with Crippen LogP contribution < -0.4 is 16.2 Å². The Morgan fingerprint density at radius 2 is 1.71 bits per heavy atom. The Morgan fingerprint density at radius 1 is 1.10 bits per heavy atom. The number of halogens is 1. The third-order valence-corrected chi connectivity index (χ3v) is 2.73. The maximum absolute atomic E-state index is 13.4. The highest BCUT2D eigenvalue weighted by Gasteiger charge is 2.23. The molecule has 0 heterocycles. The summed E-state index contributed by atoms with van der Waals surface area (Å²) in [5.74, 6) is -2.56. The molecule has 3 amide bonds. The fourth-order valence-electron chi connectivity index (χ4n) is 1.66. The van der Waals surface area contributed by atoms with Crippen LogP contribution in [0.25, 0.3) is 0 Å².